The lowest BCUT2D eigenvalue weighted by Crippen LogP contribution is -2.50. The van der Waals surface area contributed by atoms with Gasteiger partial charge < -0.3 is 20.6 Å². The van der Waals surface area contributed by atoms with Crippen molar-refractivity contribution in [3.05, 3.63) is 0 Å². The highest BCUT2D eigenvalue weighted by Gasteiger charge is 2.26. The largest absolute Gasteiger partial charge is 0.394 e. The molecule has 0 unspecified atom stereocenters. The van der Waals surface area contributed by atoms with Gasteiger partial charge in [0, 0.05) is 6.42 Å². The van der Waals surface area contributed by atoms with Gasteiger partial charge in [0.05, 0.1) is 18.8 Å². The first-order valence-corrected chi connectivity index (χ1v) is 21.7. The Morgan fingerprint density at radius 2 is 0.792 bits per heavy atom. The number of aliphatic hydroxyl groups excluding tert-OH is 3. The van der Waals surface area contributed by atoms with Crippen LogP contribution in [0, 0.1) is 5.92 Å². The minimum absolute atomic E-state index is 0.141. The molecule has 48 heavy (non-hydrogen) atoms. The molecule has 0 aromatic heterocycles. The number of nitrogens with one attached hydrogen (secondary N) is 1. The maximum Gasteiger partial charge on any atom is 0.220 e. The van der Waals surface area contributed by atoms with Crippen LogP contribution in [0.2, 0.25) is 0 Å². The lowest BCUT2D eigenvalue weighted by atomic mass is 9.99. The molecule has 0 aliphatic heterocycles. The molecule has 0 aliphatic carbocycles. The zero-order chi connectivity index (χ0) is 35.3. The summed E-state index contributed by atoms with van der Waals surface area (Å²) < 4.78 is 0. The second kappa shape index (κ2) is 37.6. The molecule has 0 saturated heterocycles. The molecule has 0 spiro atoms. The highest BCUT2D eigenvalue weighted by Crippen LogP contribution is 2.17. The SMILES string of the molecule is CCCCCCCCCCCCCCCCCCCCCCCCCC(=O)N[C@@H](CO)[C@H](O)[C@H](O)CCCCCCCCCCC(C)C. The summed E-state index contributed by atoms with van der Waals surface area (Å²) in [5.74, 6) is 0.663. The van der Waals surface area contributed by atoms with Crippen LogP contribution in [-0.4, -0.2) is 46.1 Å². The monoisotopic (exact) mass is 682 g/mol. The molecule has 0 aliphatic rings. The van der Waals surface area contributed by atoms with E-state index >= 15 is 0 Å². The first kappa shape index (κ1) is 47.4. The van der Waals surface area contributed by atoms with Gasteiger partial charge in [0.2, 0.25) is 5.91 Å². The van der Waals surface area contributed by atoms with Crippen LogP contribution in [-0.2, 0) is 4.79 Å². The minimum atomic E-state index is -1.13. The number of hydrogen-bond acceptors (Lipinski definition) is 4. The number of amides is 1. The predicted octanol–water partition coefficient (Wildman–Crippen LogP) is 12.1. The maximum absolute atomic E-state index is 12.4. The molecule has 0 heterocycles. The van der Waals surface area contributed by atoms with Gasteiger partial charge >= 0.3 is 0 Å². The smallest absolute Gasteiger partial charge is 0.220 e. The second-order valence-electron chi connectivity index (χ2n) is 15.7. The highest BCUT2D eigenvalue weighted by molar-refractivity contribution is 5.76. The Balaban J connectivity index is 3.53. The summed E-state index contributed by atoms with van der Waals surface area (Å²) in [4.78, 5) is 12.4. The van der Waals surface area contributed by atoms with Crippen LogP contribution >= 0.6 is 0 Å². The van der Waals surface area contributed by atoms with E-state index in [2.05, 4.69) is 26.1 Å². The third-order valence-corrected chi connectivity index (χ3v) is 10.4. The Bertz CT molecular complexity index is 642. The van der Waals surface area contributed by atoms with Gasteiger partial charge in [-0.15, -0.1) is 0 Å². The molecule has 0 aromatic carbocycles. The number of carbonyl (C=O) groups excluding carboxylic acids is 1. The van der Waals surface area contributed by atoms with Crippen molar-refractivity contribution in [1.82, 2.24) is 5.32 Å². The molecule has 0 radical (unpaired) electrons. The van der Waals surface area contributed by atoms with E-state index in [9.17, 15) is 20.1 Å². The average molecular weight is 682 g/mol. The van der Waals surface area contributed by atoms with Crippen LogP contribution in [0.5, 0.6) is 0 Å². The van der Waals surface area contributed by atoms with Crippen molar-refractivity contribution in [1.29, 1.82) is 0 Å². The van der Waals surface area contributed by atoms with Gasteiger partial charge in [-0.05, 0) is 18.8 Å². The lowest BCUT2D eigenvalue weighted by molar-refractivity contribution is -0.124. The Hall–Kier alpha value is -0.650. The first-order chi connectivity index (χ1) is 23.4. The van der Waals surface area contributed by atoms with Crippen molar-refractivity contribution in [2.24, 2.45) is 5.92 Å². The predicted molar refractivity (Wildman–Crippen MR) is 209 cm³/mol. The van der Waals surface area contributed by atoms with Gasteiger partial charge in [0.25, 0.3) is 0 Å². The fourth-order valence-corrected chi connectivity index (χ4v) is 6.99. The van der Waals surface area contributed by atoms with Crippen LogP contribution in [0.1, 0.15) is 239 Å². The van der Waals surface area contributed by atoms with Crippen LogP contribution in [0.25, 0.3) is 0 Å². The van der Waals surface area contributed by atoms with E-state index in [1.54, 1.807) is 0 Å². The molecule has 0 saturated carbocycles. The van der Waals surface area contributed by atoms with E-state index in [1.165, 1.54) is 167 Å². The summed E-state index contributed by atoms with van der Waals surface area (Å²) in [6.45, 7) is 6.50. The van der Waals surface area contributed by atoms with E-state index in [1.807, 2.05) is 0 Å². The molecule has 3 atom stereocenters. The maximum atomic E-state index is 12.4. The molecule has 288 valence electrons. The molecule has 0 rings (SSSR count). The Labute approximate surface area is 300 Å². The number of rotatable bonds is 39. The quantitative estimate of drug-likeness (QED) is 0.0486. The van der Waals surface area contributed by atoms with Crippen molar-refractivity contribution in [2.45, 2.75) is 257 Å². The standard InChI is InChI=1S/C43H87NO4/c1-4-5-6-7-8-9-10-11-12-13-14-15-16-17-18-19-20-21-22-23-28-31-34-37-42(47)44-40(38-45)43(48)41(46)36-33-30-27-25-24-26-29-32-35-39(2)3/h39-41,43,45-46,48H,4-38H2,1-3H3,(H,44,47)/t40-,41+,43-/m0/s1. The van der Waals surface area contributed by atoms with Gasteiger partial charge in [-0.25, -0.2) is 0 Å². The summed E-state index contributed by atoms with van der Waals surface area (Å²) in [5.41, 5.74) is 0. The zero-order valence-electron chi connectivity index (χ0n) is 32.8. The topological polar surface area (TPSA) is 89.8 Å². The molecule has 1 amide bonds. The van der Waals surface area contributed by atoms with E-state index in [0.29, 0.717) is 12.8 Å². The van der Waals surface area contributed by atoms with Crippen LogP contribution in [0.4, 0.5) is 0 Å². The summed E-state index contributed by atoms with van der Waals surface area (Å²) >= 11 is 0. The van der Waals surface area contributed by atoms with Crippen molar-refractivity contribution in [3.8, 4) is 0 Å². The lowest BCUT2D eigenvalue weighted by Gasteiger charge is -2.26. The normalized spacial score (nSPS) is 13.6. The third kappa shape index (κ3) is 33.8. The Morgan fingerprint density at radius 1 is 0.479 bits per heavy atom. The van der Waals surface area contributed by atoms with E-state index < -0.39 is 18.2 Å². The number of aliphatic hydroxyl groups is 3. The molecule has 5 nitrogen and oxygen atoms in total. The molecule has 0 aromatic rings. The van der Waals surface area contributed by atoms with Gasteiger partial charge in [-0.1, -0.05) is 220 Å². The Kier molecular flexibility index (Phi) is 37.1. The molecular weight excluding hydrogens is 594 g/mol. The fraction of sp³-hybridized carbons (Fsp3) is 0.977. The number of hydrogen-bond donors (Lipinski definition) is 4. The van der Waals surface area contributed by atoms with E-state index in [-0.39, 0.29) is 12.5 Å². The summed E-state index contributed by atoms with van der Waals surface area (Å²) in [6, 6.07) is -0.803. The van der Waals surface area contributed by atoms with Crippen molar-refractivity contribution in [2.75, 3.05) is 6.61 Å². The average Bonchev–Trinajstić information content (AvgIpc) is 3.07. The number of unbranched alkanes of at least 4 members (excludes halogenated alkanes) is 29. The fourth-order valence-electron chi connectivity index (χ4n) is 6.99. The van der Waals surface area contributed by atoms with Crippen molar-refractivity contribution >= 4 is 5.91 Å². The first-order valence-electron chi connectivity index (χ1n) is 21.7. The Morgan fingerprint density at radius 3 is 1.12 bits per heavy atom. The summed E-state index contributed by atoms with van der Waals surface area (Å²) in [6.07, 6.45) is 40.8. The molecule has 4 N–H and O–H groups in total. The minimum Gasteiger partial charge on any atom is -0.394 e. The van der Waals surface area contributed by atoms with Gasteiger partial charge in [0.1, 0.15) is 6.10 Å². The van der Waals surface area contributed by atoms with Gasteiger partial charge in [-0.2, -0.15) is 0 Å². The number of carbonyl (C=O) groups is 1. The van der Waals surface area contributed by atoms with Gasteiger partial charge in [-0.3, -0.25) is 4.79 Å². The molecule has 0 fully saturated rings. The second-order valence-corrected chi connectivity index (χ2v) is 15.7. The highest BCUT2D eigenvalue weighted by atomic mass is 16.3. The third-order valence-electron chi connectivity index (χ3n) is 10.4. The van der Waals surface area contributed by atoms with E-state index in [4.69, 9.17) is 0 Å². The molecule has 0 bridgehead atoms. The van der Waals surface area contributed by atoms with Gasteiger partial charge in [0.15, 0.2) is 0 Å². The zero-order valence-corrected chi connectivity index (χ0v) is 32.8. The van der Waals surface area contributed by atoms with Crippen LogP contribution in [0.15, 0.2) is 0 Å². The molecular formula is C43H87NO4. The molecule has 5 heteroatoms. The summed E-state index contributed by atoms with van der Waals surface area (Å²) in [5, 5.41) is 33.4. The van der Waals surface area contributed by atoms with Crippen molar-refractivity contribution in [3.63, 3.8) is 0 Å². The van der Waals surface area contributed by atoms with E-state index in [0.717, 1.165) is 44.4 Å². The van der Waals surface area contributed by atoms with Crippen molar-refractivity contribution < 1.29 is 20.1 Å². The summed E-state index contributed by atoms with van der Waals surface area (Å²) in [7, 11) is 0. The van der Waals surface area contributed by atoms with Crippen LogP contribution in [0.3, 0.4) is 0 Å². The van der Waals surface area contributed by atoms with Crippen LogP contribution < -0.4 is 5.32 Å².